The van der Waals surface area contributed by atoms with Crippen LogP contribution in [0.3, 0.4) is 0 Å². The summed E-state index contributed by atoms with van der Waals surface area (Å²) in [5, 5.41) is 5.76. The van der Waals surface area contributed by atoms with Gasteiger partial charge >= 0.3 is 0 Å². The fourth-order valence-electron chi connectivity index (χ4n) is 3.96. The van der Waals surface area contributed by atoms with Crippen LogP contribution in [-0.2, 0) is 11.3 Å². The first-order valence-electron chi connectivity index (χ1n) is 10.6. The monoisotopic (exact) mass is 393 g/mol. The van der Waals surface area contributed by atoms with Crippen LogP contribution in [0.15, 0.2) is 54.6 Å². The summed E-state index contributed by atoms with van der Waals surface area (Å²) in [7, 11) is 0. The third kappa shape index (κ3) is 6.43. The Morgan fingerprint density at radius 2 is 1.76 bits per heavy atom. The Morgan fingerprint density at radius 3 is 2.48 bits per heavy atom. The van der Waals surface area contributed by atoms with Gasteiger partial charge in [-0.3, -0.25) is 14.5 Å². The van der Waals surface area contributed by atoms with Crippen LogP contribution in [0.2, 0.25) is 0 Å². The normalized spacial score (nSPS) is 14.6. The Bertz CT molecular complexity index is 801. The first kappa shape index (κ1) is 21.1. The lowest BCUT2D eigenvalue weighted by atomic mass is 9.93. The van der Waals surface area contributed by atoms with Crippen LogP contribution < -0.4 is 10.6 Å². The minimum absolute atomic E-state index is 0.0421. The number of benzene rings is 2. The molecule has 1 saturated carbocycles. The van der Waals surface area contributed by atoms with Crippen LogP contribution in [-0.4, -0.2) is 35.8 Å². The van der Waals surface area contributed by atoms with Gasteiger partial charge in [0.2, 0.25) is 5.91 Å². The van der Waals surface area contributed by atoms with Crippen molar-refractivity contribution in [2.45, 2.75) is 51.6 Å². The molecule has 0 aliphatic heterocycles. The summed E-state index contributed by atoms with van der Waals surface area (Å²) in [4.78, 5) is 27.2. The lowest BCUT2D eigenvalue weighted by Gasteiger charge is -2.34. The average molecular weight is 394 g/mol. The Kier molecular flexibility index (Phi) is 7.82. The molecule has 0 atom stereocenters. The molecule has 29 heavy (non-hydrogen) atoms. The molecule has 2 aromatic rings. The zero-order chi connectivity index (χ0) is 20.5. The van der Waals surface area contributed by atoms with E-state index >= 15 is 0 Å². The predicted octanol–water partition coefficient (Wildman–Crippen LogP) is 4.21. The highest BCUT2D eigenvalue weighted by Gasteiger charge is 2.23. The topological polar surface area (TPSA) is 61.4 Å². The van der Waals surface area contributed by atoms with Crippen molar-refractivity contribution in [1.29, 1.82) is 0 Å². The van der Waals surface area contributed by atoms with Crippen molar-refractivity contribution < 1.29 is 9.59 Å². The third-order valence-corrected chi connectivity index (χ3v) is 5.41. The molecule has 2 N–H and O–H groups in total. The van der Waals surface area contributed by atoms with E-state index in [1.54, 1.807) is 18.2 Å². The van der Waals surface area contributed by atoms with Crippen molar-refractivity contribution in [3.8, 4) is 0 Å². The number of rotatable bonds is 8. The first-order valence-corrected chi connectivity index (χ1v) is 10.6. The molecular formula is C24H31N3O2. The van der Waals surface area contributed by atoms with E-state index in [0.717, 1.165) is 19.4 Å². The van der Waals surface area contributed by atoms with E-state index in [2.05, 4.69) is 27.7 Å². The maximum atomic E-state index is 12.8. The highest BCUT2D eigenvalue weighted by molar-refractivity contribution is 5.97. The minimum Gasteiger partial charge on any atom is -0.352 e. The van der Waals surface area contributed by atoms with Crippen LogP contribution in [0.4, 0.5) is 5.69 Å². The Hall–Kier alpha value is -2.66. The lowest BCUT2D eigenvalue weighted by Crippen LogP contribution is -2.41. The number of hydrogen-bond donors (Lipinski definition) is 2. The van der Waals surface area contributed by atoms with Crippen molar-refractivity contribution in [3.05, 3.63) is 65.7 Å². The van der Waals surface area contributed by atoms with Crippen LogP contribution in [0.25, 0.3) is 0 Å². The molecule has 0 spiro atoms. The number of amides is 2. The summed E-state index contributed by atoms with van der Waals surface area (Å²) in [5.74, 6) is -0.170. The van der Waals surface area contributed by atoms with Gasteiger partial charge in [0.15, 0.2) is 0 Å². The first-order chi connectivity index (χ1) is 14.2. The number of anilines is 1. The average Bonchev–Trinajstić information content (AvgIpc) is 2.75. The molecule has 3 rings (SSSR count). The van der Waals surface area contributed by atoms with Gasteiger partial charge < -0.3 is 10.6 Å². The van der Waals surface area contributed by atoms with Crippen molar-refractivity contribution >= 4 is 17.5 Å². The number of nitrogens with one attached hydrogen (secondary N) is 2. The molecule has 1 fully saturated rings. The maximum Gasteiger partial charge on any atom is 0.251 e. The Morgan fingerprint density at radius 1 is 1.00 bits per heavy atom. The van der Waals surface area contributed by atoms with Gasteiger partial charge in [0.25, 0.3) is 5.91 Å². The summed E-state index contributed by atoms with van der Waals surface area (Å²) in [6.45, 7) is 3.59. The van der Waals surface area contributed by atoms with E-state index in [4.69, 9.17) is 0 Å². The number of carbonyl (C=O) groups excluding carboxylic acids is 2. The molecule has 0 unspecified atom stereocenters. The SMILES string of the molecule is CCNC(=O)c1cccc(NC(=O)CN(Cc2ccccc2)C2CCCCC2)c1. The second kappa shape index (κ2) is 10.8. The zero-order valence-corrected chi connectivity index (χ0v) is 17.2. The van der Waals surface area contributed by atoms with Gasteiger partial charge in [0.1, 0.15) is 0 Å². The van der Waals surface area contributed by atoms with Crippen LogP contribution in [0, 0.1) is 0 Å². The molecule has 0 radical (unpaired) electrons. The van der Waals surface area contributed by atoms with Crippen molar-refractivity contribution in [3.63, 3.8) is 0 Å². The van der Waals surface area contributed by atoms with Gasteiger partial charge in [-0.25, -0.2) is 0 Å². The van der Waals surface area contributed by atoms with Gasteiger partial charge in [-0.15, -0.1) is 0 Å². The Balaban J connectivity index is 1.66. The van der Waals surface area contributed by atoms with Crippen molar-refractivity contribution in [2.24, 2.45) is 0 Å². The summed E-state index contributed by atoms with van der Waals surface area (Å²) in [6, 6.07) is 17.9. The molecule has 0 bridgehead atoms. The highest BCUT2D eigenvalue weighted by atomic mass is 16.2. The van der Waals surface area contributed by atoms with Crippen LogP contribution >= 0.6 is 0 Å². The molecule has 5 heteroatoms. The molecule has 1 aliphatic rings. The summed E-state index contributed by atoms with van der Waals surface area (Å²) in [5.41, 5.74) is 2.43. The highest BCUT2D eigenvalue weighted by Crippen LogP contribution is 2.24. The van der Waals surface area contributed by atoms with Gasteiger partial charge in [-0.2, -0.15) is 0 Å². The van der Waals surface area contributed by atoms with E-state index in [-0.39, 0.29) is 11.8 Å². The largest absolute Gasteiger partial charge is 0.352 e. The van der Waals surface area contributed by atoms with E-state index < -0.39 is 0 Å². The van der Waals surface area contributed by atoms with Gasteiger partial charge in [0, 0.05) is 30.4 Å². The second-order valence-corrected chi connectivity index (χ2v) is 7.67. The number of hydrogen-bond acceptors (Lipinski definition) is 3. The van der Waals surface area contributed by atoms with Crippen molar-refractivity contribution in [2.75, 3.05) is 18.4 Å². The van der Waals surface area contributed by atoms with Gasteiger partial charge in [-0.1, -0.05) is 55.7 Å². The van der Waals surface area contributed by atoms with Crippen LogP contribution in [0.1, 0.15) is 54.9 Å². The van der Waals surface area contributed by atoms with E-state index in [1.807, 2.05) is 31.2 Å². The summed E-state index contributed by atoms with van der Waals surface area (Å²) < 4.78 is 0. The number of nitrogens with zero attached hydrogens (tertiary/aromatic N) is 1. The predicted molar refractivity (Wildman–Crippen MR) is 117 cm³/mol. The van der Waals surface area contributed by atoms with E-state index in [0.29, 0.717) is 30.4 Å². The standard InChI is InChI=1S/C24H31N3O2/c1-2-25-24(29)20-12-9-13-21(16-20)26-23(28)18-27(22-14-7-4-8-15-22)17-19-10-5-3-6-11-19/h3,5-6,9-13,16,22H,2,4,7-8,14-15,17-18H2,1H3,(H,25,29)(H,26,28). The van der Waals surface area contributed by atoms with E-state index in [1.165, 1.54) is 24.8 Å². The fraction of sp³-hybridized carbons (Fsp3) is 0.417. The van der Waals surface area contributed by atoms with Gasteiger partial charge in [-0.05, 0) is 43.5 Å². The number of carbonyl (C=O) groups is 2. The minimum atomic E-state index is -0.128. The fourth-order valence-corrected chi connectivity index (χ4v) is 3.96. The summed E-state index contributed by atoms with van der Waals surface area (Å²) in [6.07, 6.45) is 6.03. The molecule has 0 heterocycles. The van der Waals surface area contributed by atoms with Crippen molar-refractivity contribution in [1.82, 2.24) is 10.2 Å². The molecule has 2 amide bonds. The molecule has 1 aliphatic carbocycles. The zero-order valence-electron chi connectivity index (χ0n) is 17.2. The maximum absolute atomic E-state index is 12.8. The summed E-state index contributed by atoms with van der Waals surface area (Å²) >= 11 is 0. The van der Waals surface area contributed by atoms with Crippen LogP contribution in [0.5, 0.6) is 0 Å². The smallest absolute Gasteiger partial charge is 0.251 e. The molecule has 2 aromatic carbocycles. The molecular weight excluding hydrogens is 362 g/mol. The molecule has 154 valence electrons. The quantitative estimate of drug-likeness (QED) is 0.706. The Labute approximate surface area is 173 Å². The second-order valence-electron chi connectivity index (χ2n) is 7.67. The molecule has 0 aromatic heterocycles. The molecule has 0 saturated heterocycles. The lowest BCUT2D eigenvalue weighted by molar-refractivity contribution is -0.118. The molecule has 5 nitrogen and oxygen atoms in total. The third-order valence-electron chi connectivity index (χ3n) is 5.41. The van der Waals surface area contributed by atoms with Gasteiger partial charge in [0.05, 0.1) is 6.54 Å². The van der Waals surface area contributed by atoms with E-state index in [9.17, 15) is 9.59 Å².